The van der Waals surface area contributed by atoms with Crippen molar-refractivity contribution in [1.82, 2.24) is 4.58 Å². The van der Waals surface area contributed by atoms with Gasteiger partial charge in [-0.1, -0.05) is 22.7 Å². The first-order valence-electron chi connectivity index (χ1n) is 4.11. The van der Waals surface area contributed by atoms with Gasteiger partial charge in [-0.3, -0.25) is 0 Å². The normalized spacial score (nSPS) is 23.4. The molecule has 1 N–H and O–H groups in total. The molecule has 2 rings (SSSR count). The first kappa shape index (κ1) is 8.41. The molecule has 1 aliphatic rings. The van der Waals surface area contributed by atoms with E-state index in [4.69, 9.17) is 5.11 Å². The quantitative estimate of drug-likeness (QED) is 0.662. The van der Waals surface area contributed by atoms with Crippen LogP contribution in [-0.4, -0.2) is 24.8 Å². The fraction of sp³-hybridized carbons (Fsp3) is 0.625. The molecule has 1 aromatic heterocycles. The third-order valence-electron chi connectivity index (χ3n) is 2.20. The molecule has 2 heterocycles. The summed E-state index contributed by atoms with van der Waals surface area (Å²) in [6.45, 7) is 2.49. The zero-order valence-electron chi connectivity index (χ0n) is 6.77. The highest BCUT2D eigenvalue weighted by Gasteiger charge is 2.25. The van der Waals surface area contributed by atoms with E-state index in [1.807, 2.05) is 0 Å². The summed E-state index contributed by atoms with van der Waals surface area (Å²) in [7, 11) is 0. The molecule has 0 aliphatic carbocycles. The van der Waals surface area contributed by atoms with E-state index in [0.717, 1.165) is 19.5 Å². The molecule has 0 amide bonds. The van der Waals surface area contributed by atoms with Crippen LogP contribution in [0, 0.1) is 5.92 Å². The zero-order valence-corrected chi connectivity index (χ0v) is 8.40. The molecule has 1 aromatic rings. The number of aliphatic hydroxyl groups is 1. The van der Waals surface area contributed by atoms with Gasteiger partial charge in [0.25, 0.3) is 0 Å². The van der Waals surface area contributed by atoms with Gasteiger partial charge >= 0.3 is 3.98 Å². The van der Waals surface area contributed by atoms with Crippen molar-refractivity contribution in [3.63, 3.8) is 0 Å². The molecule has 0 saturated carbocycles. The fourth-order valence-electron chi connectivity index (χ4n) is 1.50. The van der Waals surface area contributed by atoms with Crippen molar-refractivity contribution < 1.29 is 5.11 Å². The highest BCUT2D eigenvalue weighted by atomic mass is 32.2. The van der Waals surface area contributed by atoms with E-state index in [-0.39, 0.29) is 0 Å². The van der Waals surface area contributed by atoms with Crippen molar-refractivity contribution in [2.24, 2.45) is 5.92 Å². The number of nitrogens with zero attached hydrogens (tertiary/aromatic N) is 1. The first-order chi connectivity index (χ1) is 5.90. The maximum atomic E-state index is 8.96. The summed E-state index contributed by atoms with van der Waals surface area (Å²) < 4.78 is 3.75. The summed E-state index contributed by atoms with van der Waals surface area (Å²) in [6, 6.07) is 0. The molecule has 1 atom stereocenters. The summed E-state index contributed by atoms with van der Waals surface area (Å²) in [5, 5.41) is 13.2. The second-order valence-corrected chi connectivity index (χ2v) is 5.10. The van der Waals surface area contributed by atoms with Crippen molar-refractivity contribution >= 4 is 22.7 Å². The van der Waals surface area contributed by atoms with Crippen LogP contribution in [0.25, 0.3) is 0 Å². The molecular formula is C8H12NOS2+. The molecule has 66 valence electrons. The minimum Gasteiger partial charge on any atom is -0.396 e. The largest absolute Gasteiger partial charge is 0.396 e. The van der Waals surface area contributed by atoms with Gasteiger partial charge in [-0.2, -0.15) is 0 Å². The second-order valence-electron chi connectivity index (χ2n) is 3.06. The van der Waals surface area contributed by atoms with Crippen molar-refractivity contribution in [2.45, 2.75) is 6.42 Å². The van der Waals surface area contributed by atoms with Crippen molar-refractivity contribution in [1.29, 1.82) is 0 Å². The minimum absolute atomic E-state index is 0.340. The Morgan fingerprint density at radius 1 is 1.50 bits per heavy atom. The zero-order chi connectivity index (χ0) is 8.39. The van der Waals surface area contributed by atoms with Gasteiger partial charge in [0, 0.05) is 23.1 Å². The molecule has 2 nitrogen and oxygen atoms in total. The Hall–Kier alpha value is -0.190. The van der Waals surface area contributed by atoms with Crippen LogP contribution in [0.5, 0.6) is 0 Å². The minimum atomic E-state index is 0.340. The van der Waals surface area contributed by atoms with Gasteiger partial charge in [0.15, 0.2) is 0 Å². The van der Waals surface area contributed by atoms with Gasteiger partial charge in [-0.25, -0.2) is 4.58 Å². The van der Waals surface area contributed by atoms with Crippen LogP contribution in [0.3, 0.4) is 0 Å². The molecule has 1 fully saturated rings. The van der Waals surface area contributed by atoms with E-state index in [1.54, 1.807) is 22.7 Å². The topological polar surface area (TPSA) is 23.2 Å². The third-order valence-corrected chi connectivity index (χ3v) is 4.41. The second kappa shape index (κ2) is 3.68. The SMILES string of the molecule is OCC1CC[N+](=c2sccs2)C1. The molecule has 0 aromatic carbocycles. The Bertz CT molecular complexity index is 298. The molecule has 12 heavy (non-hydrogen) atoms. The molecule has 4 heteroatoms. The number of hydrogen-bond donors (Lipinski definition) is 1. The van der Waals surface area contributed by atoms with Crippen LogP contribution in [0.4, 0.5) is 0 Å². The third kappa shape index (κ3) is 1.60. The average Bonchev–Trinajstić information content (AvgIpc) is 2.75. The summed E-state index contributed by atoms with van der Waals surface area (Å²) >= 11 is 3.59. The highest BCUT2D eigenvalue weighted by Crippen LogP contribution is 2.09. The summed E-state index contributed by atoms with van der Waals surface area (Å²) in [4.78, 5) is 0. The van der Waals surface area contributed by atoms with Crippen LogP contribution >= 0.6 is 22.7 Å². The Balaban J connectivity index is 2.24. The lowest BCUT2D eigenvalue weighted by Crippen LogP contribution is -2.23. The smallest absolute Gasteiger partial charge is 0.313 e. The van der Waals surface area contributed by atoms with Crippen molar-refractivity contribution in [3.05, 3.63) is 14.7 Å². The van der Waals surface area contributed by atoms with Crippen LogP contribution in [0.2, 0.25) is 0 Å². The van der Waals surface area contributed by atoms with Gasteiger partial charge in [0.1, 0.15) is 13.1 Å². The first-order valence-corrected chi connectivity index (χ1v) is 5.87. The van der Waals surface area contributed by atoms with E-state index in [0.29, 0.717) is 12.5 Å². The van der Waals surface area contributed by atoms with Gasteiger partial charge < -0.3 is 5.11 Å². The highest BCUT2D eigenvalue weighted by molar-refractivity contribution is 7.24. The molecule has 0 radical (unpaired) electrons. The van der Waals surface area contributed by atoms with E-state index < -0.39 is 0 Å². The Labute approximate surface area is 79.4 Å². The van der Waals surface area contributed by atoms with Crippen LogP contribution in [0.1, 0.15) is 6.42 Å². The Kier molecular flexibility index (Phi) is 2.58. The molecule has 0 spiro atoms. The lowest BCUT2D eigenvalue weighted by atomic mass is 10.1. The lowest BCUT2D eigenvalue weighted by Gasteiger charge is -1.94. The standard InChI is InChI=1S/C8H12NOS2/c10-6-7-1-2-9(5-7)8-11-3-4-12-8/h3-4,7,10H,1-2,5-6H2/q+1. The predicted octanol–water partition coefficient (Wildman–Crippen LogP) is 0.594. The Morgan fingerprint density at radius 2 is 2.25 bits per heavy atom. The van der Waals surface area contributed by atoms with Crippen LogP contribution in [0.15, 0.2) is 10.8 Å². The maximum absolute atomic E-state index is 8.96. The maximum Gasteiger partial charge on any atom is 0.313 e. The molecular weight excluding hydrogens is 190 g/mol. The van der Waals surface area contributed by atoms with Gasteiger partial charge in [0.2, 0.25) is 0 Å². The van der Waals surface area contributed by atoms with Gasteiger partial charge in [-0.05, 0) is 0 Å². The van der Waals surface area contributed by atoms with Gasteiger partial charge in [-0.15, -0.1) is 0 Å². The van der Waals surface area contributed by atoms with E-state index in [1.165, 1.54) is 3.98 Å². The van der Waals surface area contributed by atoms with E-state index in [9.17, 15) is 0 Å². The van der Waals surface area contributed by atoms with Crippen LogP contribution < -0.4 is 8.56 Å². The average molecular weight is 202 g/mol. The van der Waals surface area contributed by atoms with Crippen molar-refractivity contribution in [3.8, 4) is 0 Å². The van der Waals surface area contributed by atoms with E-state index >= 15 is 0 Å². The molecule has 1 saturated heterocycles. The van der Waals surface area contributed by atoms with Crippen LogP contribution in [-0.2, 0) is 0 Å². The number of hydrogen-bond acceptors (Lipinski definition) is 3. The summed E-state index contributed by atoms with van der Waals surface area (Å²) in [5.41, 5.74) is 0. The fourth-order valence-corrected chi connectivity index (χ4v) is 3.36. The Morgan fingerprint density at radius 3 is 2.83 bits per heavy atom. The molecule has 1 unspecified atom stereocenters. The lowest BCUT2D eigenvalue weighted by molar-refractivity contribution is 0.236. The van der Waals surface area contributed by atoms with Gasteiger partial charge in [0.05, 0.1) is 6.61 Å². The monoisotopic (exact) mass is 202 g/mol. The molecule has 1 aliphatic heterocycles. The molecule has 0 bridgehead atoms. The number of rotatable bonds is 1. The summed E-state index contributed by atoms with van der Waals surface area (Å²) in [6.07, 6.45) is 1.14. The van der Waals surface area contributed by atoms with Crippen molar-refractivity contribution in [2.75, 3.05) is 19.7 Å². The predicted molar refractivity (Wildman–Crippen MR) is 52.4 cm³/mol. The van der Waals surface area contributed by atoms with E-state index in [2.05, 4.69) is 15.3 Å². The number of aliphatic hydroxyl groups excluding tert-OH is 1. The summed E-state index contributed by atoms with van der Waals surface area (Å²) in [5.74, 6) is 0.499.